The van der Waals surface area contributed by atoms with Crippen molar-refractivity contribution in [2.75, 3.05) is 0 Å². The minimum Gasteiger partial charge on any atom is -0.480 e. The van der Waals surface area contributed by atoms with E-state index < -0.39 is 0 Å². The summed E-state index contributed by atoms with van der Waals surface area (Å²) in [5, 5.41) is 10.6. The van der Waals surface area contributed by atoms with Gasteiger partial charge in [0, 0.05) is 11.3 Å². The molecule has 0 spiro atoms. The van der Waals surface area contributed by atoms with Crippen molar-refractivity contribution >= 4 is 16.8 Å². The summed E-state index contributed by atoms with van der Waals surface area (Å²) < 4.78 is 5.25. The molecule has 3 rings (SSSR count). The third-order valence-electron chi connectivity index (χ3n) is 3.80. The molecule has 1 aromatic carbocycles. The zero-order valence-corrected chi connectivity index (χ0v) is 10.2. The summed E-state index contributed by atoms with van der Waals surface area (Å²) >= 11 is 0. The highest BCUT2D eigenvalue weighted by Crippen LogP contribution is 2.35. The average molecular weight is 244 g/mol. The molecule has 1 N–H and O–H groups in total. The first-order valence-corrected chi connectivity index (χ1v) is 6.52. The highest BCUT2D eigenvalue weighted by Gasteiger charge is 2.28. The van der Waals surface area contributed by atoms with Crippen molar-refractivity contribution in [3.63, 3.8) is 0 Å². The number of para-hydroxylation sites is 1. The van der Waals surface area contributed by atoms with E-state index in [2.05, 4.69) is 0 Å². The lowest BCUT2D eigenvalue weighted by Gasteiger charge is -2.19. The molecule has 3 nitrogen and oxygen atoms in total. The van der Waals surface area contributed by atoms with Gasteiger partial charge in [-0.2, -0.15) is 0 Å². The Labute approximate surface area is 105 Å². The van der Waals surface area contributed by atoms with Crippen LogP contribution in [0.15, 0.2) is 28.7 Å². The number of aromatic hydroxyl groups is 1. The number of carbonyl (C=O) groups excluding carboxylic acids is 1. The van der Waals surface area contributed by atoms with Gasteiger partial charge in [-0.3, -0.25) is 4.79 Å². The van der Waals surface area contributed by atoms with Crippen LogP contribution in [0.1, 0.15) is 42.5 Å². The van der Waals surface area contributed by atoms with Gasteiger partial charge < -0.3 is 9.52 Å². The third kappa shape index (κ3) is 1.80. The SMILES string of the molecule is O=C(c1c(O)oc2ccccc12)C1CCCCC1. The molecule has 0 bridgehead atoms. The van der Waals surface area contributed by atoms with Gasteiger partial charge in [-0.15, -0.1) is 0 Å². The van der Waals surface area contributed by atoms with Gasteiger partial charge in [0.25, 0.3) is 5.95 Å². The van der Waals surface area contributed by atoms with E-state index in [0.717, 1.165) is 31.1 Å². The number of ketones is 1. The molecule has 18 heavy (non-hydrogen) atoms. The predicted molar refractivity (Wildman–Crippen MR) is 68.8 cm³/mol. The minimum atomic E-state index is -0.230. The van der Waals surface area contributed by atoms with Crippen molar-refractivity contribution < 1.29 is 14.3 Å². The van der Waals surface area contributed by atoms with E-state index in [0.29, 0.717) is 11.1 Å². The van der Waals surface area contributed by atoms with Crippen molar-refractivity contribution in [3.05, 3.63) is 29.8 Å². The normalized spacial score (nSPS) is 17.1. The molecule has 3 heteroatoms. The Hall–Kier alpha value is -1.77. The highest BCUT2D eigenvalue weighted by molar-refractivity contribution is 6.10. The van der Waals surface area contributed by atoms with Crippen molar-refractivity contribution in [1.82, 2.24) is 0 Å². The molecule has 0 aliphatic heterocycles. The van der Waals surface area contributed by atoms with Gasteiger partial charge in [0.2, 0.25) is 0 Å². The number of benzene rings is 1. The van der Waals surface area contributed by atoms with Crippen LogP contribution in [0.4, 0.5) is 0 Å². The molecule has 1 aliphatic rings. The summed E-state index contributed by atoms with van der Waals surface area (Å²) in [4.78, 5) is 12.5. The van der Waals surface area contributed by atoms with Crippen LogP contribution < -0.4 is 0 Å². The number of carbonyl (C=O) groups is 1. The maximum Gasteiger partial charge on any atom is 0.294 e. The summed E-state index contributed by atoms with van der Waals surface area (Å²) in [5.74, 6) is -0.144. The molecule has 1 aliphatic carbocycles. The lowest BCUT2D eigenvalue weighted by molar-refractivity contribution is 0.0886. The Morgan fingerprint density at radius 2 is 1.89 bits per heavy atom. The average Bonchev–Trinajstić information content (AvgIpc) is 2.75. The second-order valence-electron chi connectivity index (χ2n) is 4.98. The highest BCUT2D eigenvalue weighted by atomic mass is 16.5. The molecule has 0 radical (unpaired) electrons. The zero-order valence-electron chi connectivity index (χ0n) is 10.2. The van der Waals surface area contributed by atoms with E-state index >= 15 is 0 Å². The number of furan rings is 1. The molecule has 0 saturated heterocycles. The first-order valence-electron chi connectivity index (χ1n) is 6.52. The Kier molecular flexibility index (Phi) is 2.82. The minimum absolute atomic E-state index is 0.0390. The fraction of sp³-hybridized carbons (Fsp3) is 0.400. The molecule has 2 aromatic rings. The summed E-state index contributed by atoms with van der Waals surface area (Å²) in [6.45, 7) is 0. The standard InChI is InChI=1S/C15H16O3/c16-14(10-6-2-1-3-7-10)13-11-8-4-5-9-12(11)18-15(13)17/h4-5,8-10,17H,1-3,6-7H2. The largest absolute Gasteiger partial charge is 0.480 e. The summed E-state index contributed by atoms with van der Waals surface area (Å²) in [6.07, 6.45) is 5.28. The Morgan fingerprint density at radius 1 is 1.17 bits per heavy atom. The van der Waals surface area contributed by atoms with Gasteiger partial charge in [-0.05, 0) is 18.9 Å². The zero-order chi connectivity index (χ0) is 12.5. The molecule has 0 atom stereocenters. The van der Waals surface area contributed by atoms with Crippen LogP contribution in [0, 0.1) is 5.92 Å². The van der Waals surface area contributed by atoms with E-state index in [4.69, 9.17) is 4.42 Å². The van der Waals surface area contributed by atoms with Gasteiger partial charge in [0.05, 0.1) is 0 Å². The van der Waals surface area contributed by atoms with E-state index in [-0.39, 0.29) is 17.6 Å². The van der Waals surface area contributed by atoms with E-state index in [1.807, 2.05) is 18.2 Å². The molecule has 0 unspecified atom stereocenters. The second-order valence-corrected chi connectivity index (χ2v) is 4.98. The van der Waals surface area contributed by atoms with Crippen LogP contribution in [0.25, 0.3) is 11.0 Å². The Morgan fingerprint density at radius 3 is 2.67 bits per heavy atom. The second kappa shape index (κ2) is 4.48. The number of Topliss-reactive ketones (excluding diaryl/α,β-unsaturated/α-hetero) is 1. The predicted octanol–water partition coefficient (Wildman–Crippen LogP) is 3.90. The van der Waals surface area contributed by atoms with Gasteiger partial charge in [0.1, 0.15) is 11.1 Å². The summed E-state index contributed by atoms with van der Waals surface area (Å²) in [6, 6.07) is 7.29. The van der Waals surface area contributed by atoms with Crippen molar-refractivity contribution in [1.29, 1.82) is 0 Å². The monoisotopic (exact) mass is 244 g/mol. The molecule has 1 fully saturated rings. The number of fused-ring (bicyclic) bond motifs is 1. The first-order chi connectivity index (χ1) is 8.77. The van der Waals surface area contributed by atoms with Crippen LogP contribution in [0.3, 0.4) is 0 Å². The number of hydrogen-bond acceptors (Lipinski definition) is 3. The maximum absolute atomic E-state index is 12.5. The molecule has 1 heterocycles. The molecule has 94 valence electrons. The molecular formula is C15H16O3. The maximum atomic E-state index is 12.5. The van der Waals surface area contributed by atoms with Gasteiger partial charge in [-0.1, -0.05) is 37.5 Å². The van der Waals surface area contributed by atoms with Gasteiger partial charge in [0.15, 0.2) is 5.78 Å². The quantitative estimate of drug-likeness (QED) is 0.815. The Bertz CT molecular complexity index is 576. The molecule has 0 amide bonds. The van der Waals surface area contributed by atoms with Crippen LogP contribution in [0.5, 0.6) is 5.95 Å². The van der Waals surface area contributed by atoms with E-state index in [9.17, 15) is 9.90 Å². The van der Waals surface area contributed by atoms with Crippen LogP contribution in [-0.4, -0.2) is 10.9 Å². The van der Waals surface area contributed by atoms with Crippen LogP contribution in [-0.2, 0) is 0 Å². The molecule has 1 saturated carbocycles. The van der Waals surface area contributed by atoms with Crippen molar-refractivity contribution in [2.24, 2.45) is 5.92 Å². The third-order valence-corrected chi connectivity index (χ3v) is 3.80. The van der Waals surface area contributed by atoms with Crippen LogP contribution >= 0.6 is 0 Å². The first kappa shape index (κ1) is 11.3. The van der Waals surface area contributed by atoms with Crippen molar-refractivity contribution in [3.8, 4) is 5.95 Å². The van der Waals surface area contributed by atoms with Gasteiger partial charge in [-0.25, -0.2) is 0 Å². The smallest absolute Gasteiger partial charge is 0.294 e. The van der Waals surface area contributed by atoms with E-state index in [1.165, 1.54) is 6.42 Å². The van der Waals surface area contributed by atoms with Crippen LogP contribution in [0.2, 0.25) is 0 Å². The van der Waals surface area contributed by atoms with E-state index in [1.54, 1.807) is 6.07 Å². The fourth-order valence-corrected chi connectivity index (χ4v) is 2.84. The van der Waals surface area contributed by atoms with Gasteiger partial charge >= 0.3 is 0 Å². The Balaban J connectivity index is 2.02. The fourth-order valence-electron chi connectivity index (χ4n) is 2.84. The van der Waals surface area contributed by atoms with Crippen molar-refractivity contribution in [2.45, 2.75) is 32.1 Å². The molecular weight excluding hydrogens is 228 g/mol. The lowest BCUT2D eigenvalue weighted by atomic mass is 9.83. The lowest BCUT2D eigenvalue weighted by Crippen LogP contribution is -2.17. The molecule has 1 aromatic heterocycles. The topological polar surface area (TPSA) is 50.4 Å². The number of hydrogen-bond donors (Lipinski definition) is 1. The number of rotatable bonds is 2. The summed E-state index contributed by atoms with van der Waals surface area (Å²) in [5.41, 5.74) is 0.951. The summed E-state index contributed by atoms with van der Waals surface area (Å²) in [7, 11) is 0.